The normalized spacial score (nSPS) is 11.2. The van der Waals surface area contributed by atoms with E-state index in [0.717, 1.165) is 17.2 Å². The van der Waals surface area contributed by atoms with Gasteiger partial charge in [-0.1, -0.05) is 60.7 Å². The zero-order chi connectivity index (χ0) is 22.9. The van der Waals surface area contributed by atoms with Crippen LogP contribution in [0.3, 0.4) is 0 Å². The van der Waals surface area contributed by atoms with E-state index >= 15 is 0 Å². The minimum Gasteiger partial charge on any atom is -0.507 e. The van der Waals surface area contributed by atoms with E-state index in [1.807, 2.05) is 60.7 Å². The van der Waals surface area contributed by atoms with Crippen LogP contribution in [0.1, 0.15) is 21.5 Å². The van der Waals surface area contributed by atoms with Gasteiger partial charge in [0.2, 0.25) is 5.91 Å². The molecule has 0 saturated heterocycles. The van der Waals surface area contributed by atoms with Crippen LogP contribution in [0, 0.1) is 0 Å². The Bertz CT molecular complexity index is 1090. The van der Waals surface area contributed by atoms with Gasteiger partial charge in [-0.2, -0.15) is 0 Å². The first kappa shape index (κ1) is 22.4. The van der Waals surface area contributed by atoms with Crippen molar-refractivity contribution in [3.05, 3.63) is 95.6 Å². The van der Waals surface area contributed by atoms with E-state index in [-0.39, 0.29) is 24.3 Å². The maximum atomic E-state index is 12.9. The summed E-state index contributed by atoms with van der Waals surface area (Å²) in [4.78, 5) is 36.5. The number of nitrogens with one attached hydrogen (secondary N) is 2. The second kappa shape index (κ2) is 10.6. The predicted octanol–water partition coefficient (Wildman–Crippen LogP) is 3.57. The predicted molar refractivity (Wildman–Crippen MR) is 117 cm³/mol. The lowest BCUT2D eigenvalue weighted by Crippen LogP contribution is -2.45. The van der Waals surface area contributed by atoms with Crippen molar-refractivity contribution in [3.63, 3.8) is 0 Å². The molecule has 0 aliphatic carbocycles. The fourth-order valence-electron chi connectivity index (χ4n) is 2.98. The van der Waals surface area contributed by atoms with Crippen LogP contribution in [0.5, 0.6) is 5.75 Å². The topological polar surface area (TPSA) is 125 Å². The van der Waals surface area contributed by atoms with Crippen LogP contribution in [0.2, 0.25) is 0 Å². The van der Waals surface area contributed by atoms with E-state index < -0.39 is 29.8 Å². The molecule has 2 amide bonds. The van der Waals surface area contributed by atoms with Crippen molar-refractivity contribution in [2.45, 2.75) is 19.1 Å². The number of hydrogen-bond acceptors (Lipinski definition) is 5. The van der Waals surface area contributed by atoms with E-state index in [1.54, 1.807) is 0 Å². The number of hydrogen-bond donors (Lipinski definition) is 4. The molecule has 0 fully saturated rings. The van der Waals surface area contributed by atoms with Gasteiger partial charge < -0.3 is 25.6 Å². The maximum Gasteiger partial charge on any atom is 0.408 e. The molecule has 0 unspecified atom stereocenters. The number of alkyl carbamates (subject to hydrolysis) is 1. The third kappa shape index (κ3) is 6.33. The highest BCUT2D eigenvalue weighted by Gasteiger charge is 2.23. The second-order valence-corrected chi connectivity index (χ2v) is 6.97. The van der Waals surface area contributed by atoms with Crippen molar-refractivity contribution < 1.29 is 29.3 Å². The highest BCUT2D eigenvalue weighted by molar-refractivity contribution is 5.98. The van der Waals surface area contributed by atoms with Crippen molar-refractivity contribution in [2.24, 2.45) is 0 Å². The number of carboxylic acids is 1. The van der Waals surface area contributed by atoms with E-state index in [2.05, 4.69) is 10.6 Å². The Labute approximate surface area is 184 Å². The quantitative estimate of drug-likeness (QED) is 0.402. The molecule has 3 aromatic carbocycles. The third-order valence-corrected chi connectivity index (χ3v) is 4.60. The molecule has 4 N–H and O–H groups in total. The Morgan fingerprint density at radius 1 is 0.875 bits per heavy atom. The minimum atomic E-state index is -1.33. The lowest BCUT2D eigenvalue weighted by atomic mass is 10.1. The van der Waals surface area contributed by atoms with Gasteiger partial charge in [0, 0.05) is 12.1 Å². The largest absolute Gasteiger partial charge is 0.507 e. The summed E-state index contributed by atoms with van der Waals surface area (Å²) in [5.41, 5.74) is 1.44. The van der Waals surface area contributed by atoms with Crippen molar-refractivity contribution in [1.82, 2.24) is 5.32 Å². The molecule has 0 spiro atoms. The van der Waals surface area contributed by atoms with Crippen molar-refractivity contribution in [2.75, 3.05) is 5.32 Å². The second-order valence-electron chi connectivity index (χ2n) is 6.97. The number of amides is 2. The van der Waals surface area contributed by atoms with Gasteiger partial charge in [-0.25, -0.2) is 9.59 Å². The standard InChI is InChI=1S/C24H22N2O6/c27-21-12-11-18(14-19(21)23(29)30)25-22(28)20(13-16-7-3-1-4-8-16)26-24(31)32-15-17-9-5-2-6-10-17/h1-12,14,20,27H,13,15H2,(H,25,28)(H,26,31)(H,29,30)/t20-/m0/s1. The summed E-state index contributed by atoms with van der Waals surface area (Å²) in [5.74, 6) is -2.31. The van der Waals surface area contributed by atoms with Crippen molar-refractivity contribution in [3.8, 4) is 5.75 Å². The number of anilines is 1. The van der Waals surface area contributed by atoms with Gasteiger partial charge in [0.1, 0.15) is 24.0 Å². The number of rotatable bonds is 8. The molecule has 0 aliphatic heterocycles. The number of benzene rings is 3. The van der Waals surface area contributed by atoms with Crippen LogP contribution in [-0.2, 0) is 22.6 Å². The van der Waals surface area contributed by atoms with E-state index in [4.69, 9.17) is 9.84 Å². The molecule has 3 aromatic rings. The van der Waals surface area contributed by atoms with Gasteiger partial charge in [0.25, 0.3) is 0 Å². The van der Waals surface area contributed by atoms with E-state index in [9.17, 15) is 19.5 Å². The summed E-state index contributed by atoms with van der Waals surface area (Å²) >= 11 is 0. The van der Waals surface area contributed by atoms with Gasteiger partial charge in [-0.3, -0.25) is 4.79 Å². The van der Waals surface area contributed by atoms with Crippen LogP contribution >= 0.6 is 0 Å². The smallest absolute Gasteiger partial charge is 0.408 e. The number of ether oxygens (including phenoxy) is 1. The highest BCUT2D eigenvalue weighted by atomic mass is 16.5. The van der Waals surface area contributed by atoms with Gasteiger partial charge in [0.15, 0.2) is 0 Å². The summed E-state index contributed by atoms with van der Waals surface area (Å²) in [5, 5.41) is 23.9. The van der Waals surface area contributed by atoms with Gasteiger partial charge >= 0.3 is 12.1 Å². The Hall–Kier alpha value is -4.33. The van der Waals surface area contributed by atoms with Gasteiger partial charge in [-0.15, -0.1) is 0 Å². The molecule has 0 bridgehead atoms. The van der Waals surface area contributed by atoms with Crippen LogP contribution in [-0.4, -0.2) is 34.2 Å². The number of carboxylic acid groups (broad SMARTS) is 1. The van der Waals surface area contributed by atoms with Gasteiger partial charge in [-0.05, 0) is 29.3 Å². The molecular weight excluding hydrogens is 412 g/mol. The van der Waals surface area contributed by atoms with Crippen molar-refractivity contribution in [1.29, 1.82) is 0 Å². The number of carbonyl (C=O) groups is 3. The summed E-state index contributed by atoms with van der Waals surface area (Å²) in [6, 6.07) is 20.9. The molecule has 0 aromatic heterocycles. The Morgan fingerprint density at radius 2 is 1.50 bits per heavy atom. The summed E-state index contributed by atoms with van der Waals surface area (Å²) in [6.07, 6.45) is -0.571. The fourth-order valence-corrected chi connectivity index (χ4v) is 2.98. The molecule has 8 heteroatoms. The molecular formula is C24H22N2O6. The van der Waals surface area contributed by atoms with E-state index in [0.29, 0.717) is 0 Å². The molecule has 3 rings (SSSR count). The molecule has 0 heterocycles. The van der Waals surface area contributed by atoms with Crippen LogP contribution in [0.4, 0.5) is 10.5 Å². The highest BCUT2D eigenvalue weighted by Crippen LogP contribution is 2.21. The first-order valence-electron chi connectivity index (χ1n) is 9.80. The zero-order valence-corrected chi connectivity index (χ0v) is 17.0. The molecule has 8 nitrogen and oxygen atoms in total. The van der Waals surface area contributed by atoms with Crippen LogP contribution in [0.15, 0.2) is 78.9 Å². The molecule has 164 valence electrons. The number of aromatic hydroxyl groups is 1. The molecule has 0 saturated carbocycles. The van der Waals surface area contributed by atoms with Crippen LogP contribution < -0.4 is 10.6 Å². The SMILES string of the molecule is O=C(N[C@@H](Cc1ccccc1)C(=O)Nc1ccc(O)c(C(=O)O)c1)OCc1ccccc1. The van der Waals surface area contributed by atoms with Gasteiger partial charge in [0.05, 0.1) is 0 Å². The number of phenols is 1. The maximum absolute atomic E-state index is 12.9. The monoisotopic (exact) mass is 434 g/mol. The lowest BCUT2D eigenvalue weighted by Gasteiger charge is -2.19. The summed E-state index contributed by atoms with van der Waals surface area (Å²) in [7, 11) is 0. The summed E-state index contributed by atoms with van der Waals surface area (Å²) < 4.78 is 5.22. The zero-order valence-electron chi connectivity index (χ0n) is 17.0. The average Bonchev–Trinajstić information content (AvgIpc) is 2.79. The summed E-state index contributed by atoms with van der Waals surface area (Å²) in [6.45, 7) is 0.0479. The van der Waals surface area contributed by atoms with Crippen molar-refractivity contribution >= 4 is 23.7 Å². The average molecular weight is 434 g/mol. The number of carbonyl (C=O) groups excluding carboxylic acids is 2. The Balaban J connectivity index is 1.71. The molecule has 0 aliphatic rings. The third-order valence-electron chi connectivity index (χ3n) is 4.60. The molecule has 1 atom stereocenters. The number of aromatic carboxylic acids is 1. The first-order valence-corrected chi connectivity index (χ1v) is 9.80. The minimum absolute atomic E-state index is 0.0479. The Kier molecular flexibility index (Phi) is 7.42. The fraction of sp³-hybridized carbons (Fsp3) is 0.125. The lowest BCUT2D eigenvalue weighted by molar-refractivity contribution is -0.118. The molecule has 32 heavy (non-hydrogen) atoms. The van der Waals surface area contributed by atoms with E-state index in [1.165, 1.54) is 12.1 Å². The van der Waals surface area contributed by atoms with Crippen LogP contribution in [0.25, 0.3) is 0 Å². The Morgan fingerprint density at radius 3 is 2.12 bits per heavy atom. The first-order chi connectivity index (χ1) is 15.4. The molecule has 0 radical (unpaired) electrons.